The van der Waals surface area contributed by atoms with Gasteiger partial charge in [-0.15, -0.1) is 11.3 Å². The summed E-state index contributed by atoms with van der Waals surface area (Å²) >= 11 is 6.96. The van der Waals surface area contributed by atoms with Crippen LogP contribution in [-0.4, -0.2) is 15.7 Å². The van der Waals surface area contributed by atoms with Crippen LogP contribution in [0.2, 0.25) is 0 Å². The predicted octanol–water partition coefficient (Wildman–Crippen LogP) is 4.13. The second-order valence-corrected chi connectivity index (χ2v) is 9.00. The van der Waals surface area contributed by atoms with Gasteiger partial charge in [0.05, 0.1) is 22.8 Å². The molecule has 3 aromatic rings. The highest BCUT2D eigenvalue weighted by Crippen LogP contribution is 2.37. The molecule has 2 atom stereocenters. The lowest BCUT2D eigenvalue weighted by atomic mass is 9.96. The summed E-state index contributed by atoms with van der Waals surface area (Å²) in [4.78, 5) is 5.68. The molecule has 3 nitrogen and oxygen atoms in total. The summed E-state index contributed by atoms with van der Waals surface area (Å²) in [5, 5.41) is 13.0. The molecule has 1 fully saturated rings. The molecule has 1 aliphatic heterocycles. The monoisotopic (exact) mass is 392 g/mol. The van der Waals surface area contributed by atoms with Crippen molar-refractivity contribution in [2.75, 3.05) is 0 Å². The summed E-state index contributed by atoms with van der Waals surface area (Å²) in [5.74, 6) is 0.834. The summed E-state index contributed by atoms with van der Waals surface area (Å²) in [6, 6.07) is 17.0. The molecule has 5 heteroatoms. The molecule has 5 rings (SSSR count). The molecule has 1 N–H and O–H groups in total. The number of hydrogen-bond donors (Lipinski definition) is 1. The molecule has 1 aliphatic carbocycles. The second-order valence-electron chi connectivity index (χ2n) is 7.32. The average molecular weight is 393 g/mol. The van der Waals surface area contributed by atoms with Gasteiger partial charge < -0.3 is 5.11 Å². The fraction of sp³-hybridized carbons (Fsp3) is 0.273. The summed E-state index contributed by atoms with van der Waals surface area (Å²) in [5.41, 5.74) is 2.50. The Hall–Kier alpha value is -2.24. The molecule has 2 unspecified atom stereocenters. The molecule has 2 heterocycles. The van der Waals surface area contributed by atoms with Crippen molar-refractivity contribution in [3.05, 3.63) is 79.1 Å². The first-order valence-corrected chi connectivity index (χ1v) is 10.6. The van der Waals surface area contributed by atoms with Crippen LogP contribution < -0.4 is 10.6 Å². The minimum Gasteiger partial charge on any atom is -0.493 e. The van der Waals surface area contributed by atoms with Crippen LogP contribution in [-0.2, 0) is 6.54 Å². The van der Waals surface area contributed by atoms with E-state index in [2.05, 4.69) is 18.2 Å². The maximum atomic E-state index is 10.7. The number of nitrogens with zero attached hydrogens (tertiary/aromatic N) is 2. The largest absolute Gasteiger partial charge is 0.493 e. The maximum Gasteiger partial charge on any atom is 0.210 e. The zero-order chi connectivity index (χ0) is 18.4. The Bertz CT molecular complexity index is 1180. The minimum absolute atomic E-state index is 0.248. The van der Waals surface area contributed by atoms with E-state index in [4.69, 9.17) is 17.2 Å². The molecule has 0 amide bonds. The lowest BCUT2D eigenvalue weighted by Gasteiger charge is -2.07. The zero-order valence-electron chi connectivity index (χ0n) is 14.8. The van der Waals surface area contributed by atoms with Crippen LogP contribution in [0, 0.1) is 3.95 Å². The molecule has 0 saturated heterocycles. The van der Waals surface area contributed by atoms with Gasteiger partial charge in [-0.05, 0) is 59.6 Å². The third-order valence-electron chi connectivity index (χ3n) is 5.61. The van der Waals surface area contributed by atoms with Gasteiger partial charge in [0.25, 0.3) is 0 Å². The van der Waals surface area contributed by atoms with Crippen LogP contribution in [0.3, 0.4) is 0 Å². The van der Waals surface area contributed by atoms with E-state index in [1.165, 1.54) is 36.2 Å². The van der Waals surface area contributed by atoms with Crippen molar-refractivity contribution in [2.24, 2.45) is 4.99 Å². The van der Waals surface area contributed by atoms with E-state index in [0.717, 1.165) is 21.0 Å². The Morgan fingerprint density at radius 1 is 1.19 bits per heavy atom. The highest BCUT2D eigenvalue weighted by Gasteiger charge is 2.32. The minimum atomic E-state index is 0.248. The highest BCUT2D eigenvalue weighted by molar-refractivity contribution is 7.73. The summed E-state index contributed by atoms with van der Waals surface area (Å²) in [6.45, 7) is 0.586. The summed E-state index contributed by atoms with van der Waals surface area (Å²) < 4.78 is 2.49. The Morgan fingerprint density at radius 3 is 2.89 bits per heavy atom. The van der Waals surface area contributed by atoms with Crippen LogP contribution in [0.5, 0.6) is 5.88 Å². The van der Waals surface area contributed by atoms with E-state index >= 15 is 0 Å². The van der Waals surface area contributed by atoms with Crippen molar-refractivity contribution in [2.45, 2.75) is 37.8 Å². The first-order valence-electron chi connectivity index (χ1n) is 9.35. The lowest BCUT2D eigenvalue weighted by Crippen LogP contribution is -2.13. The van der Waals surface area contributed by atoms with E-state index in [-0.39, 0.29) is 5.88 Å². The molecule has 0 spiro atoms. The Morgan fingerprint density at radius 2 is 2.04 bits per heavy atom. The van der Waals surface area contributed by atoms with E-state index in [9.17, 15) is 5.11 Å². The molecule has 1 saturated carbocycles. The first-order chi connectivity index (χ1) is 13.2. The lowest BCUT2D eigenvalue weighted by molar-refractivity contribution is 0.422. The van der Waals surface area contributed by atoms with Gasteiger partial charge in [0, 0.05) is 5.92 Å². The molecule has 27 heavy (non-hydrogen) atoms. The zero-order valence-corrected chi connectivity index (χ0v) is 16.5. The molecular weight excluding hydrogens is 372 g/mol. The van der Waals surface area contributed by atoms with Gasteiger partial charge in [0.1, 0.15) is 0 Å². The first kappa shape index (κ1) is 16.9. The number of thiazole rings is 1. The second kappa shape index (κ2) is 6.73. The number of rotatable bonds is 3. The van der Waals surface area contributed by atoms with E-state index in [1.54, 1.807) is 4.57 Å². The molecule has 0 bridgehead atoms. The Kier molecular flexibility index (Phi) is 4.21. The topological polar surface area (TPSA) is 37.5 Å². The van der Waals surface area contributed by atoms with Gasteiger partial charge in [0.15, 0.2) is 3.95 Å². The van der Waals surface area contributed by atoms with Gasteiger partial charge in [0.2, 0.25) is 5.88 Å². The van der Waals surface area contributed by atoms with Crippen molar-refractivity contribution in [1.82, 2.24) is 4.57 Å². The van der Waals surface area contributed by atoms with Crippen molar-refractivity contribution in [3.63, 3.8) is 0 Å². The molecule has 136 valence electrons. The normalized spacial score (nSPS) is 21.1. The average Bonchev–Trinajstić information content (AvgIpc) is 3.33. The highest BCUT2D eigenvalue weighted by atomic mass is 32.1. The van der Waals surface area contributed by atoms with Gasteiger partial charge >= 0.3 is 0 Å². The molecule has 1 aromatic heterocycles. The number of benzene rings is 2. The van der Waals surface area contributed by atoms with E-state index in [1.807, 2.05) is 36.4 Å². The third-order valence-corrected chi connectivity index (χ3v) is 7.00. The van der Waals surface area contributed by atoms with E-state index in [0.29, 0.717) is 22.5 Å². The van der Waals surface area contributed by atoms with Crippen molar-refractivity contribution >= 4 is 29.6 Å². The predicted molar refractivity (Wildman–Crippen MR) is 112 cm³/mol. The van der Waals surface area contributed by atoms with Gasteiger partial charge in [-0.3, -0.25) is 9.56 Å². The SMILES string of the molecule is Oc1c(/C=c2/ccc3c(c2)C2CCCC2N=3)sc(=S)n1Cc1ccccc1. The number of hydrogen-bond acceptors (Lipinski definition) is 4. The van der Waals surface area contributed by atoms with E-state index < -0.39 is 0 Å². The van der Waals surface area contributed by atoms with Crippen molar-refractivity contribution in [1.29, 1.82) is 0 Å². The van der Waals surface area contributed by atoms with Crippen molar-refractivity contribution in [3.8, 4) is 5.88 Å². The number of aromatic nitrogens is 1. The van der Waals surface area contributed by atoms with Crippen molar-refractivity contribution < 1.29 is 5.11 Å². The maximum absolute atomic E-state index is 10.7. The number of aromatic hydroxyl groups is 1. The van der Waals surface area contributed by atoms with Gasteiger partial charge in [-0.2, -0.15) is 0 Å². The fourth-order valence-corrected chi connectivity index (χ4v) is 5.55. The van der Waals surface area contributed by atoms with Crippen LogP contribution in [0.25, 0.3) is 6.08 Å². The number of fused-ring (bicyclic) bond motifs is 3. The molecule has 2 aromatic carbocycles. The Labute approximate surface area is 167 Å². The van der Waals surface area contributed by atoms with Crippen LogP contribution in [0.15, 0.2) is 53.5 Å². The standard InChI is InChI=1S/C22H20N2OS2/c25-21-20(27-22(26)24(21)13-14-5-2-1-3-6-14)12-15-9-10-19-17(11-15)16-7-4-8-18(16)23-19/h1-3,5-6,9-12,16,18,25H,4,7-8,13H2/b15-12-. The van der Waals surface area contributed by atoms with Crippen LogP contribution in [0.1, 0.15) is 41.2 Å². The van der Waals surface area contributed by atoms with Crippen LogP contribution >= 0.6 is 23.6 Å². The van der Waals surface area contributed by atoms with Gasteiger partial charge in [-0.25, -0.2) is 0 Å². The van der Waals surface area contributed by atoms with Gasteiger partial charge in [-0.1, -0.05) is 42.8 Å². The fourth-order valence-electron chi connectivity index (χ4n) is 4.28. The smallest absolute Gasteiger partial charge is 0.210 e. The summed E-state index contributed by atoms with van der Waals surface area (Å²) in [7, 11) is 0. The molecule has 2 aliphatic rings. The molecule has 0 radical (unpaired) electrons. The third kappa shape index (κ3) is 3.05. The summed E-state index contributed by atoms with van der Waals surface area (Å²) in [6.07, 6.45) is 5.77. The Balaban J connectivity index is 1.52. The van der Waals surface area contributed by atoms with Crippen LogP contribution in [0.4, 0.5) is 0 Å². The molecular formula is C22H20N2OS2. The quantitative estimate of drug-likeness (QED) is 0.681.